The van der Waals surface area contributed by atoms with Gasteiger partial charge in [0.2, 0.25) is 10.0 Å². The van der Waals surface area contributed by atoms with E-state index in [1.54, 1.807) is 37.3 Å². The summed E-state index contributed by atoms with van der Waals surface area (Å²) < 4.78 is 42.6. The summed E-state index contributed by atoms with van der Waals surface area (Å²) in [5.41, 5.74) is 0.675. The third-order valence-electron chi connectivity index (χ3n) is 2.73. The van der Waals surface area contributed by atoms with Crippen LogP contribution in [0.1, 0.15) is 6.92 Å². The van der Waals surface area contributed by atoms with Crippen LogP contribution in [0.2, 0.25) is 0 Å². The number of hydrogen-bond donors (Lipinski definition) is 1. The Labute approximate surface area is 117 Å². The fourth-order valence-corrected chi connectivity index (χ4v) is 2.69. The highest BCUT2D eigenvalue weighted by molar-refractivity contribution is 7.89. The van der Waals surface area contributed by atoms with Crippen molar-refractivity contribution in [3.63, 3.8) is 0 Å². The summed E-state index contributed by atoms with van der Waals surface area (Å²) in [5.74, 6) is -0.733. The second-order valence-corrected chi connectivity index (χ2v) is 5.62. The number of ether oxygens (including phenoxy) is 1. The van der Waals surface area contributed by atoms with E-state index in [1.165, 1.54) is 0 Å². The van der Waals surface area contributed by atoms with Gasteiger partial charge >= 0.3 is 0 Å². The van der Waals surface area contributed by atoms with Gasteiger partial charge in [-0.1, -0.05) is 30.3 Å². The molecule has 2 N–H and O–H groups in total. The van der Waals surface area contributed by atoms with Gasteiger partial charge in [-0.2, -0.15) is 0 Å². The van der Waals surface area contributed by atoms with Crippen molar-refractivity contribution in [2.45, 2.75) is 11.8 Å². The molecule has 0 saturated carbocycles. The minimum atomic E-state index is -3.99. The van der Waals surface area contributed by atoms with Gasteiger partial charge in [-0.25, -0.2) is 17.9 Å². The summed E-state index contributed by atoms with van der Waals surface area (Å²) in [6.45, 7) is 1.91. The lowest BCUT2D eigenvalue weighted by Crippen LogP contribution is -2.14. The molecule has 0 aliphatic carbocycles. The molecular weight excluding hydrogens is 281 g/mol. The predicted octanol–water partition coefficient (Wildman–Crippen LogP) is 2.54. The van der Waals surface area contributed by atoms with E-state index in [1.807, 2.05) is 0 Å². The highest BCUT2D eigenvalue weighted by atomic mass is 32.2. The molecule has 20 heavy (non-hydrogen) atoms. The van der Waals surface area contributed by atoms with E-state index >= 15 is 0 Å². The van der Waals surface area contributed by atoms with Crippen LogP contribution in [0.25, 0.3) is 11.1 Å². The van der Waals surface area contributed by atoms with Crippen LogP contribution in [-0.4, -0.2) is 15.0 Å². The third-order valence-corrected chi connectivity index (χ3v) is 3.68. The zero-order valence-corrected chi connectivity index (χ0v) is 11.7. The van der Waals surface area contributed by atoms with E-state index in [0.29, 0.717) is 5.56 Å². The highest BCUT2D eigenvalue weighted by Crippen LogP contribution is 2.37. The topological polar surface area (TPSA) is 69.4 Å². The number of sulfonamides is 1. The molecule has 106 valence electrons. The molecule has 0 heterocycles. The zero-order chi connectivity index (χ0) is 14.8. The summed E-state index contributed by atoms with van der Waals surface area (Å²) >= 11 is 0. The van der Waals surface area contributed by atoms with E-state index in [4.69, 9.17) is 9.88 Å². The van der Waals surface area contributed by atoms with Crippen LogP contribution in [0.4, 0.5) is 4.39 Å². The summed E-state index contributed by atoms with van der Waals surface area (Å²) in [5, 5.41) is 5.20. The van der Waals surface area contributed by atoms with Gasteiger partial charge in [0.1, 0.15) is 0 Å². The van der Waals surface area contributed by atoms with Gasteiger partial charge in [0.05, 0.1) is 11.5 Å². The van der Waals surface area contributed by atoms with Crippen LogP contribution in [0, 0.1) is 5.82 Å². The SMILES string of the molecule is CCOc1c(F)ccc(S(N)(=O)=O)c1-c1ccccc1. The Kier molecular flexibility index (Phi) is 4.06. The maximum Gasteiger partial charge on any atom is 0.238 e. The molecule has 2 rings (SSSR count). The van der Waals surface area contributed by atoms with Gasteiger partial charge in [-0.05, 0) is 24.6 Å². The molecule has 6 heteroatoms. The summed E-state index contributed by atoms with van der Waals surface area (Å²) in [6, 6.07) is 10.8. The van der Waals surface area contributed by atoms with Crippen LogP contribution >= 0.6 is 0 Å². The van der Waals surface area contributed by atoms with Crippen molar-refractivity contribution in [1.29, 1.82) is 0 Å². The van der Waals surface area contributed by atoms with Crippen molar-refractivity contribution >= 4 is 10.0 Å². The Morgan fingerprint density at radius 1 is 1.15 bits per heavy atom. The minimum Gasteiger partial charge on any atom is -0.490 e. The van der Waals surface area contributed by atoms with Crippen LogP contribution in [0.15, 0.2) is 47.4 Å². The van der Waals surface area contributed by atoms with E-state index in [0.717, 1.165) is 12.1 Å². The Morgan fingerprint density at radius 3 is 2.35 bits per heavy atom. The lowest BCUT2D eigenvalue weighted by Gasteiger charge is -2.15. The number of halogens is 1. The first-order chi connectivity index (χ1) is 9.45. The first kappa shape index (κ1) is 14.5. The lowest BCUT2D eigenvalue weighted by atomic mass is 10.0. The smallest absolute Gasteiger partial charge is 0.238 e. The molecule has 0 bridgehead atoms. The average Bonchev–Trinajstić information content (AvgIpc) is 2.40. The van der Waals surface area contributed by atoms with Gasteiger partial charge < -0.3 is 4.74 Å². The van der Waals surface area contributed by atoms with Gasteiger partial charge in [0, 0.05) is 5.56 Å². The Hall–Kier alpha value is -1.92. The van der Waals surface area contributed by atoms with Gasteiger partial charge in [-0.15, -0.1) is 0 Å². The van der Waals surface area contributed by atoms with Crippen molar-refractivity contribution in [1.82, 2.24) is 0 Å². The van der Waals surface area contributed by atoms with Crippen molar-refractivity contribution in [2.75, 3.05) is 6.61 Å². The number of benzene rings is 2. The molecule has 0 saturated heterocycles. The number of hydrogen-bond acceptors (Lipinski definition) is 3. The van der Waals surface area contributed by atoms with Crippen LogP contribution < -0.4 is 9.88 Å². The largest absolute Gasteiger partial charge is 0.490 e. The maximum absolute atomic E-state index is 13.9. The second-order valence-electron chi connectivity index (χ2n) is 4.09. The van der Waals surface area contributed by atoms with Crippen LogP contribution in [0.5, 0.6) is 5.75 Å². The second kappa shape index (κ2) is 5.60. The van der Waals surface area contributed by atoms with E-state index in [-0.39, 0.29) is 22.8 Å². The molecule has 0 amide bonds. The molecule has 2 aromatic carbocycles. The number of rotatable bonds is 4. The fourth-order valence-electron chi connectivity index (χ4n) is 1.94. The molecule has 0 atom stereocenters. The summed E-state index contributed by atoms with van der Waals surface area (Å²) in [4.78, 5) is -0.159. The third kappa shape index (κ3) is 2.81. The quantitative estimate of drug-likeness (QED) is 0.942. The molecule has 0 aliphatic heterocycles. The average molecular weight is 295 g/mol. The van der Waals surface area contributed by atoms with Crippen molar-refractivity contribution < 1.29 is 17.5 Å². The maximum atomic E-state index is 13.9. The summed E-state index contributed by atoms with van der Waals surface area (Å²) in [6.07, 6.45) is 0. The molecule has 0 spiro atoms. The normalized spacial score (nSPS) is 11.3. The molecule has 0 unspecified atom stereocenters. The Bertz CT molecular complexity index is 715. The minimum absolute atomic E-state index is 0.106. The molecule has 0 fully saturated rings. The number of primary sulfonamides is 1. The van der Waals surface area contributed by atoms with Crippen molar-refractivity contribution in [3.8, 4) is 16.9 Å². The van der Waals surface area contributed by atoms with E-state index < -0.39 is 15.8 Å². The van der Waals surface area contributed by atoms with E-state index in [2.05, 4.69) is 0 Å². The van der Waals surface area contributed by atoms with Crippen LogP contribution in [0.3, 0.4) is 0 Å². The van der Waals surface area contributed by atoms with Gasteiger partial charge in [0.15, 0.2) is 11.6 Å². The molecule has 2 aromatic rings. The molecular formula is C14H14FNO3S. The summed E-state index contributed by atoms with van der Waals surface area (Å²) in [7, 11) is -3.99. The molecule has 0 aliphatic rings. The van der Waals surface area contributed by atoms with Gasteiger partial charge in [0.25, 0.3) is 0 Å². The van der Waals surface area contributed by atoms with Crippen molar-refractivity contribution in [2.24, 2.45) is 5.14 Å². The zero-order valence-electron chi connectivity index (χ0n) is 10.8. The molecule has 4 nitrogen and oxygen atoms in total. The highest BCUT2D eigenvalue weighted by Gasteiger charge is 2.22. The van der Waals surface area contributed by atoms with Crippen LogP contribution in [-0.2, 0) is 10.0 Å². The fraction of sp³-hybridized carbons (Fsp3) is 0.143. The predicted molar refractivity (Wildman–Crippen MR) is 74.4 cm³/mol. The number of nitrogens with two attached hydrogens (primary N) is 1. The Balaban J connectivity index is 2.82. The Morgan fingerprint density at radius 2 is 1.80 bits per heavy atom. The van der Waals surface area contributed by atoms with Crippen molar-refractivity contribution in [3.05, 3.63) is 48.3 Å². The molecule has 0 radical (unpaired) electrons. The van der Waals surface area contributed by atoms with E-state index in [9.17, 15) is 12.8 Å². The molecule has 0 aromatic heterocycles. The standard InChI is InChI=1S/C14H14FNO3S/c1-2-19-14-11(15)8-9-12(20(16,17)18)13(14)10-6-4-3-5-7-10/h3-9H,2H2,1H3,(H2,16,17,18). The lowest BCUT2D eigenvalue weighted by molar-refractivity contribution is 0.322. The first-order valence-corrected chi connectivity index (χ1v) is 7.53. The first-order valence-electron chi connectivity index (χ1n) is 5.98. The van der Waals surface area contributed by atoms with Gasteiger partial charge in [-0.3, -0.25) is 0 Å². The monoisotopic (exact) mass is 295 g/mol.